The first-order valence-electron chi connectivity index (χ1n) is 15.5. The lowest BCUT2D eigenvalue weighted by atomic mass is 9.90. The fourth-order valence-corrected chi connectivity index (χ4v) is 6.85. The van der Waals surface area contributed by atoms with Crippen LogP contribution in [-0.4, -0.2) is 64.8 Å². The zero-order valence-electron chi connectivity index (χ0n) is 24.1. The van der Waals surface area contributed by atoms with Crippen LogP contribution in [0.25, 0.3) is 0 Å². The molecule has 5 atom stereocenters. The summed E-state index contributed by atoms with van der Waals surface area (Å²) < 4.78 is 20.0. The molecule has 10 heteroatoms. The van der Waals surface area contributed by atoms with E-state index in [1.807, 2.05) is 0 Å². The largest absolute Gasteiger partial charge is 0.444 e. The summed E-state index contributed by atoms with van der Waals surface area (Å²) in [5, 5.41) is 3.09. The Kier molecular flexibility index (Phi) is 8.09. The number of Topliss-reactive ketones (excluding diaryl/α,β-unsaturated/α-hetero) is 1. The van der Waals surface area contributed by atoms with E-state index < -0.39 is 29.7 Å². The van der Waals surface area contributed by atoms with Gasteiger partial charge in [0.05, 0.1) is 30.6 Å². The average Bonchev–Trinajstić information content (AvgIpc) is 3.83. The molecule has 1 aromatic rings. The van der Waals surface area contributed by atoms with Crippen LogP contribution in [0.4, 0.5) is 9.18 Å². The number of carbonyl (C=O) groups is 4. The second-order valence-corrected chi connectivity index (χ2v) is 12.9. The van der Waals surface area contributed by atoms with Gasteiger partial charge >= 0.3 is 6.09 Å². The fraction of sp³-hybridized carbons (Fsp3) is 0.625. The minimum Gasteiger partial charge on any atom is -0.444 e. The molecule has 0 aromatic heterocycles. The molecule has 5 aliphatic rings. The van der Waals surface area contributed by atoms with Crippen LogP contribution in [0.1, 0.15) is 75.3 Å². The van der Waals surface area contributed by atoms with Crippen LogP contribution < -0.4 is 11.1 Å². The second kappa shape index (κ2) is 11.8. The van der Waals surface area contributed by atoms with Crippen molar-refractivity contribution in [2.24, 2.45) is 23.0 Å². The predicted molar refractivity (Wildman–Crippen MR) is 152 cm³/mol. The van der Waals surface area contributed by atoms with E-state index in [-0.39, 0.29) is 61.8 Å². The number of nitrogens with zero attached hydrogens (tertiary/aromatic N) is 2. The average molecular weight is 581 g/mol. The minimum absolute atomic E-state index is 0.00980. The normalized spacial score (nSPS) is 32.2. The van der Waals surface area contributed by atoms with Gasteiger partial charge in [-0.05, 0) is 62.0 Å². The predicted octanol–water partition coefficient (Wildman–Crippen LogP) is 3.59. The van der Waals surface area contributed by atoms with Gasteiger partial charge in [0.1, 0.15) is 11.9 Å². The molecule has 2 aliphatic carbocycles. The van der Waals surface area contributed by atoms with E-state index in [0.717, 1.165) is 44.1 Å². The first kappa shape index (κ1) is 28.8. The Morgan fingerprint density at radius 1 is 1.12 bits per heavy atom. The van der Waals surface area contributed by atoms with Crippen LogP contribution in [-0.2, 0) is 32.2 Å². The van der Waals surface area contributed by atoms with E-state index in [1.54, 1.807) is 12.1 Å². The summed E-state index contributed by atoms with van der Waals surface area (Å²) in [6, 6.07) is 3.20. The van der Waals surface area contributed by atoms with E-state index in [0.29, 0.717) is 30.9 Å². The minimum atomic E-state index is -0.821. The number of benzene rings is 1. The molecule has 226 valence electrons. The summed E-state index contributed by atoms with van der Waals surface area (Å²) in [6.07, 6.45) is 10.0. The molecular formula is C32H41FN4O5. The maximum atomic E-state index is 14.2. The van der Waals surface area contributed by atoms with Crippen molar-refractivity contribution >= 4 is 23.7 Å². The summed E-state index contributed by atoms with van der Waals surface area (Å²) >= 11 is 0. The van der Waals surface area contributed by atoms with Gasteiger partial charge in [-0.1, -0.05) is 37.1 Å². The van der Waals surface area contributed by atoms with Crippen molar-refractivity contribution in [3.8, 4) is 0 Å². The lowest BCUT2D eigenvalue weighted by Gasteiger charge is -2.27. The molecule has 9 nitrogen and oxygen atoms in total. The van der Waals surface area contributed by atoms with Gasteiger partial charge in [0.15, 0.2) is 5.78 Å². The zero-order valence-corrected chi connectivity index (χ0v) is 24.1. The van der Waals surface area contributed by atoms with Gasteiger partial charge in [-0.15, -0.1) is 0 Å². The molecule has 1 aromatic carbocycles. The number of nitrogens with two attached hydrogens (primary N) is 1. The van der Waals surface area contributed by atoms with Gasteiger partial charge in [-0.3, -0.25) is 19.3 Å². The second-order valence-electron chi connectivity index (χ2n) is 12.9. The Bertz CT molecular complexity index is 1280. The molecule has 42 heavy (non-hydrogen) atoms. The fourth-order valence-electron chi connectivity index (χ4n) is 6.85. The summed E-state index contributed by atoms with van der Waals surface area (Å²) in [4.78, 5) is 56.9. The molecule has 3 fully saturated rings. The third-order valence-electron chi connectivity index (χ3n) is 9.76. The lowest BCUT2D eigenvalue weighted by molar-refractivity contribution is -0.140. The van der Waals surface area contributed by atoms with Crippen molar-refractivity contribution in [2.45, 2.75) is 95.5 Å². The third kappa shape index (κ3) is 5.96. The Labute approximate surface area is 246 Å². The number of amides is 3. The first-order valence-corrected chi connectivity index (χ1v) is 15.5. The van der Waals surface area contributed by atoms with E-state index in [1.165, 1.54) is 15.9 Å². The molecule has 0 unspecified atom stereocenters. The Hall–Kier alpha value is -3.27. The highest BCUT2D eigenvalue weighted by Crippen LogP contribution is 2.57. The maximum absolute atomic E-state index is 14.2. The van der Waals surface area contributed by atoms with Crippen LogP contribution in [0.15, 0.2) is 30.4 Å². The van der Waals surface area contributed by atoms with Crippen molar-refractivity contribution in [3.63, 3.8) is 0 Å². The molecule has 0 bridgehead atoms. The highest BCUT2D eigenvalue weighted by molar-refractivity contribution is 5.97. The highest BCUT2D eigenvalue weighted by atomic mass is 19.1. The number of fused-ring (bicyclic) bond motifs is 3. The van der Waals surface area contributed by atoms with Crippen LogP contribution in [0.3, 0.4) is 0 Å². The summed E-state index contributed by atoms with van der Waals surface area (Å²) in [5.41, 5.74) is 6.73. The van der Waals surface area contributed by atoms with Crippen LogP contribution in [0, 0.1) is 23.1 Å². The van der Waals surface area contributed by atoms with Crippen molar-refractivity contribution in [3.05, 3.63) is 47.3 Å². The molecule has 0 radical (unpaired) electrons. The number of hydrogen-bond donors (Lipinski definition) is 2. The van der Waals surface area contributed by atoms with Gasteiger partial charge in [-0.25, -0.2) is 9.18 Å². The number of rotatable bonds is 4. The summed E-state index contributed by atoms with van der Waals surface area (Å²) in [5.74, 6) is -0.450. The Balaban J connectivity index is 1.18. The van der Waals surface area contributed by atoms with E-state index in [2.05, 4.69) is 17.5 Å². The summed E-state index contributed by atoms with van der Waals surface area (Å²) in [6.45, 7) is 1.04. The number of allylic oxidation sites excluding steroid dienone is 2. The molecule has 1 saturated heterocycles. The van der Waals surface area contributed by atoms with Gasteiger partial charge in [0.2, 0.25) is 11.8 Å². The third-order valence-corrected chi connectivity index (χ3v) is 9.76. The van der Waals surface area contributed by atoms with Crippen LogP contribution in [0.5, 0.6) is 0 Å². The van der Waals surface area contributed by atoms with Crippen molar-refractivity contribution in [2.75, 3.05) is 13.1 Å². The highest BCUT2D eigenvalue weighted by Gasteiger charge is 2.60. The number of halogens is 1. The lowest BCUT2D eigenvalue weighted by Crippen LogP contribution is -2.49. The molecule has 3 heterocycles. The molecule has 2 saturated carbocycles. The summed E-state index contributed by atoms with van der Waals surface area (Å²) in [7, 11) is 0. The van der Waals surface area contributed by atoms with Gasteiger partial charge < -0.3 is 20.7 Å². The number of ketones is 1. The molecule has 0 spiro atoms. The molecular weight excluding hydrogens is 539 g/mol. The number of carbonyl (C=O) groups excluding carboxylic acids is 4. The molecule has 3 N–H and O–H groups in total. The van der Waals surface area contributed by atoms with Crippen LogP contribution >= 0.6 is 0 Å². The molecule has 3 aliphatic heterocycles. The molecule has 3 amide bonds. The van der Waals surface area contributed by atoms with E-state index >= 15 is 0 Å². The van der Waals surface area contributed by atoms with Crippen molar-refractivity contribution in [1.29, 1.82) is 0 Å². The van der Waals surface area contributed by atoms with Gasteiger partial charge in [0, 0.05) is 31.5 Å². The molecule has 6 rings (SSSR count). The van der Waals surface area contributed by atoms with Gasteiger partial charge in [0.25, 0.3) is 0 Å². The Morgan fingerprint density at radius 3 is 2.74 bits per heavy atom. The number of ether oxygens (including phenoxy) is 1. The zero-order chi connectivity index (χ0) is 29.4. The van der Waals surface area contributed by atoms with Crippen LogP contribution in [0.2, 0.25) is 0 Å². The van der Waals surface area contributed by atoms with Gasteiger partial charge in [-0.2, -0.15) is 0 Å². The number of nitrogens with one attached hydrogen (secondary N) is 1. The SMILES string of the molecule is N[C@H]1CCCCC/C=C\[C@@H]2C[C@@]2(C(=O)NCC2CC2)CC(=O)[C@@H]2C[C@@H](OC(=O)N3Cc4cccc(F)c4C3)CN2C1=O. The Morgan fingerprint density at radius 2 is 1.95 bits per heavy atom. The standard InChI is InChI=1S/C32H41FN4O5/c33-25-9-6-7-21-17-36(19-24(21)25)31(41)42-23-13-27-28(38)15-32(30(40)35-16-20-11-12-20)14-22(32)8-4-2-1-3-5-10-26(34)29(39)37(27)18-23/h4,6-9,20,22-23,26-27H,1-3,5,10-19,34H2,(H,35,40)/b8-4-/t22-,23-,26+,27+,32-/m1/s1. The smallest absolute Gasteiger partial charge is 0.410 e. The maximum Gasteiger partial charge on any atom is 0.410 e. The van der Waals surface area contributed by atoms with E-state index in [4.69, 9.17) is 10.5 Å². The first-order chi connectivity index (χ1) is 20.2. The number of hydrogen-bond acceptors (Lipinski definition) is 6. The monoisotopic (exact) mass is 580 g/mol. The van der Waals surface area contributed by atoms with Crippen molar-refractivity contribution < 1.29 is 28.3 Å². The quantitative estimate of drug-likeness (QED) is 0.525. The van der Waals surface area contributed by atoms with Crippen molar-refractivity contribution in [1.82, 2.24) is 15.1 Å². The van der Waals surface area contributed by atoms with E-state index in [9.17, 15) is 23.6 Å². The topological polar surface area (TPSA) is 122 Å².